The fraction of sp³-hybridized carbons (Fsp3) is 0.400. The molecule has 0 bridgehead atoms. The van der Waals surface area contributed by atoms with Gasteiger partial charge in [0.15, 0.2) is 0 Å². The zero-order valence-corrected chi connectivity index (χ0v) is 45.8. The number of anilines is 4. The molecule has 0 saturated carbocycles. The van der Waals surface area contributed by atoms with Crippen molar-refractivity contribution in [2.24, 2.45) is 28.7 Å². The van der Waals surface area contributed by atoms with E-state index in [1.165, 1.54) is 95.2 Å². The van der Waals surface area contributed by atoms with Gasteiger partial charge in [-0.2, -0.15) is 0 Å². The van der Waals surface area contributed by atoms with Crippen molar-refractivity contribution in [2.45, 2.75) is 94.8 Å². The summed E-state index contributed by atoms with van der Waals surface area (Å²) < 4.78 is 21.5. The molecule has 4 aromatic carbocycles. The van der Waals surface area contributed by atoms with E-state index in [2.05, 4.69) is 37.2 Å². The van der Waals surface area contributed by atoms with Crippen molar-refractivity contribution >= 4 is 76.0 Å². The molecule has 0 aliphatic heterocycles. The van der Waals surface area contributed by atoms with Crippen molar-refractivity contribution in [3.05, 3.63) is 95.1 Å². The number of primary amides is 1. The highest BCUT2D eigenvalue weighted by atomic mass is 16.5. The smallest absolute Gasteiger partial charge is 0.303 e. The molecule has 4 rings (SSSR count). The molecule has 0 radical (unpaired) electrons. The lowest BCUT2D eigenvalue weighted by Crippen LogP contribution is -2.44. The molecule has 4 unspecified atom stereocenters. The number of carbonyl (C=O) groups is 9. The number of carboxylic acid groups (broad SMARTS) is 1. The van der Waals surface area contributed by atoms with Crippen molar-refractivity contribution in [1.82, 2.24) is 16.0 Å². The highest BCUT2D eigenvalue weighted by Crippen LogP contribution is 2.28. The van der Waals surface area contributed by atoms with Crippen LogP contribution in [-0.2, 0) is 24.0 Å². The number of hydrogen-bond donors (Lipinski definition) is 13. The van der Waals surface area contributed by atoms with Crippen molar-refractivity contribution in [3.8, 4) is 23.0 Å². The van der Waals surface area contributed by atoms with E-state index in [4.69, 9.17) is 47.6 Å². The Bertz CT molecular complexity index is 2870. The predicted molar refractivity (Wildman–Crippen MR) is 302 cm³/mol. The molecule has 438 valence electrons. The zero-order valence-electron chi connectivity index (χ0n) is 45.8. The topological polar surface area (TPSA) is 425 Å². The van der Waals surface area contributed by atoms with E-state index in [0.29, 0.717) is 58.0 Å². The Hall–Kier alpha value is -8.85. The van der Waals surface area contributed by atoms with Gasteiger partial charge in [0.05, 0.1) is 56.7 Å². The third kappa shape index (κ3) is 19.8. The molecule has 26 heteroatoms. The van der Waals surface area contributed by atoms with E-state index in [9.17, 15) is 48.3 Å². The lowest BCUT2D eigenvalue weighted by molar-refractivity contribution is -0.137. The van der Waals surface area contributed by atoms with E-state index < -0.39 is 83.8 Å². The van der Waals surface area contributed by atoms with E-state index in [1.807, 2.05) is 0 Å². The Morgan fingerprint density at radius 3 is 1.04 bits per heavy atom. The van der Waals surface area contributed by atoms with Crippen LogP contribution in [0.1, 0.15) is 112 Å². The normalized spacial score (nSPS) is 12.2. The Kier molecular flexibility index (Phi) is 26.3. The SMILES string of the molecule is COc1ccc(NC(=O)C(CCC(=O)O)NC(=O)c2cc(NC(=O)C(CCCCN)NC(=O)c3cc(NC(=O)C(CCCCN)NC(=O)c4cc(NC(=O)C(N)CCCCN)ccc4OC)ccc3OC)ccc2OC)cc1C(N)=O. The lowest BCUT2D eigenvalue weighted by atomic mass is 10.1. The van der Waals surface area contributed by atoms with Gasteiger partial charge in [-0.25, -0.2) is 0 Å². The molecular weight excluding hydrogens is 1050 g/mol. The number of nitrogens with two attached hydrogens (primary N) is 5. The third-order valence-electron chi connectivity index (χ3n) is 12.6. The summed E-state index contributed by atoms with van der Waals surface area (Å²) in [7, 11) is 5.30. The van der Waals surface area contributed by atoms with Gasteiger partial charge >= 0.3 is 5.97 Å². The number of ether oxygens (including phenoxy) is 4. The average Bonchev–Trinajstić information content (AvgIpc) is 3.46. The molecule has 26 nitrogen and oxygen atoms in total. The van der Waals surface area contributed by atoms with Gasteiger partial charge in [0.25, 0.3) is 23.6 Å². The van der Waals surface area contributed by atoms with Gasteiger partial charge in [-0.3, -0.25) is 43.2 Å². The van der Waals surface area contributed by atoms with Crippen molar-refractivity contribution < 1.29 is 67.2 Å². The van der Waals surface area contributed by atoms with E-state index in [0.717, 1.165) is 0 Å². The van der Waals surface area contributed by atoms with Gasteiger partial charge in [0.2, 0.25) is 23.6 Å². The number of benzene rings is 4. The number of unbranched alkanes of at least 4 members (excludes halogenated alkanes) is 3. The minimum atomic E-state index is -1.44. The summed E-state index contributed by atoms with van der Waals surface area (Å²) in [6.07, 6.45) is 3.00. The molecule has 4 atom stereocenters. The summed E-state index contributed by atoms with van der Waals surface area (Å²) in [5.74, 6) is -6.70. The van der Waals surface area contributed by atoms with Gasteiger partial charge in [-0.05, 0) is 150 Å². The molecule has 4 aromatic rings. The lowest BCUT2D eigenvalue weighted by Gasteiger charge is -2.21. The number of aliphatic carboxylic acids is 1. The quantitative estimate of drug-likeness (QED) is 0.0299. The fourth-order valence-electron chi connectivity index (χ4n) is 8.20. The van der Waals surface area contributed by atoms with Gasteiger partial charge in [-0.1, -0.05) is 6.42 Å². The molecule has 0 aliphatic carbocycles. The maximum absolute atomic E-state index is 14.2. The highest BCUT2D eigenvalue weighted by molar-refractivity contribution is 6.07. The van der Waals surface area contributed by atoms with Crippen LogP contribution in [0.5, 0.6) is 23.0 Å². The number of nitrogens with one attached hydrogen (secondary N) is 7. The van der Waals surface area contributed by atoms with Crippen LogP contribution in [0.25, 0.3) is 0 Å². The number of rotatable bonds is 34. The average molecular weight is 1130 g/mol. The van der Waals surface area contributed by atoms with Crippen molar-refractivity contribution in [3.63, 3.8) is 0 Å². The van der Waals surface area contributed by atoms with Crippen LogP contribution in [0.4, 0.5) is 22.7 Å². The van der Waals surface area contributed by atoms with E-state index >= 15 is 0 Å². The maximum atomic E-state index is 14.2. The summed E-state index contributed by atoms with van der Waals surface area (Å²) in [5, 5.41) is 28.2. The van der Waals surface area contributed by atoms with Crippen LogP contribution >= 0.6 is 0 Å². The van der Waals surface area contributed by atoms with Gasteiger partial charge in [0.1, 0.15) is 41.1 Å². The molecule has 0 fully saturated rings. The van der Waals surface area contributed by atoms with Gasteiger partial charge in [-0.15, -0.1) is 0 Å². The number of methoxy groups -OCH3 is 4. The van der Waals surface area contributed by atoms with Gasteiger partial charge in [0, 0.05) is 29.2 Å². The van der Waals surface area contributed by atoms with E-state index in [-0.39, 0.29) is 93.8 Å². The van der Waals surface area contributed by atoms with Crippen LogP contribution < -0.4 is 84.8 Å². The van der Waals surface area contributed by atoms with E-state index in [1.54, 1.807) is 6.07 Å². The molecule has 0 heterocycles. The molecule has 81 heavy (non-hydrogen) atoms. The van der Waals surface area contributed by atoms with Crippen LogP contribution in [0.2, 0.25) is 0 Å². The number of hydrogen-bond acceptors (Lipinski definition) is 17. The first-order valence-electron chi connectivity index (χ1n) is 26.1. The molecule has 0 saturated heterocycles. The second-order valence-corrected chi connectivity index (χ2v) is 18.5. The standard InChI is InChI=1S/C55H74N12O14/c1-78-43-19-14-31(27-35(43)48(60)70)62-55(77)42(18-23-47(68)69)67-51(73)38-30-34(17-22-46(38)81-4)64-54(76)41(13-7-10-26-58)66-50(72)37-29-33(16-21-45(37)80-3)63-53(75)40(12-6-9-25-57)65-49(71)36-28-32(15-20-44(36)79-2)61-52(74)39(59)11-5-8-24-56/h14-17,19-22,27-30,39-42H,5-13,18,23-26,56-59H2,1-4H3,(H2,60,70)(H,61,74)(H,62,77)(H,63,75)(H,64,76)(H,65,71)(H,66,72)(H,67,73)(H,68,69). The first kappa shape index (κ1) is 64.7. The van der Waals surface area contributed by atoms with Gasteiger partial charge < -0.3 is 89.9 Å². The summed E-state index contributed by atoms with van der Waals surface area (Å²) in [4.78, 5) is 120. The largest absolute Gasteiger partial charge is 0.496 e. The first-order chi connectivity index (χ1) is 38.8. The molecule has 8 amide bonds. The minimum absolute atomic E-state index is 0.0175. The van der Waals surface area contributed by atoms with Crippen molar-refractivity contribution in [2.75, 3.05) is 69.3 Å². The van der Waals surface area contributed by atoms with Crippen LogP contribution in [0, 0.1) is 0 Å². The summed E-state index contributed by atoms with van der Waals surface area (Å²) in [6.45, 7) is 1.07. The Labute approximate surface area is 468 Å². The fourth-order valence-corrected chi connectivity index (χ4v) is 8.20. The Morgan fingerprint density at radius 2 is 0.728 bits per heavy atom. The second-order valence-electron chi connectivity index (χ2n) is 18.5. The molecule has 0 aromatic heterocycles. The summed E-state index contributed by atoms with van der Waals surface area (Å²) >= 11 is 0. The minimum Gasteiger partial charge on any atom is -0.496 e. The Balaban J connectivity index is 1.55. The third-order valence-corrected chi connectivity index (χ3v) is 12.6. The first-order valence-corrected chi connectivity index (χ1v) is 26.1. The van der Waals surface area contributed by atoms with Crippen molar-refractivity contribution in [1.29, 1.82) is 0 Å². The number of carbonyl (C=O) groups excluding carboxylic acids is 8. The zero-order chi connectivity index (χ0) is 59.6. The molecule has 18 N–H and O–H groups in total. The van der Waals surface area contributed by atoms with Crippen LogP contribution in [0.15, 0.2) is 72.8 Å². The maximum Gasteiger partial charge on any atom is 0.303 e. The number of amides is 8. The molecular formula is C55H74N12O14. The molecule has 0 aliphatic rings. The summed E-state index contributed by atoms with van der Waals surface area (Å²) in [5.41, 5.74) is 28.9. The predicted octanol–water partition coefficient (Wildman–Crippen LogP) is 2.55. The monoisotopic (exact) mass is 1130 g/mol. The van der Waals surface area contributed by atoms with Crippen LogP contribution in [0.3, 0.4) is 0 Å². The second kappa shape index (κ2) is 32.9. The number of carboxylic acids is 1. The summed E-state index contributed by atoms with van der Waals surface area (Å²) in [6, 6.07) is 12.2. The van der Waals surface area contributed by atoms with Crippen LogP contribution in [-0.4, -0.2) is 131 Å². The Morgan fingerprint density at radius 1 is 0.432 bits per heavy atom. The molecule has 0 spiro atoms. The highest BCUT2D eigenvalue weighted by Gasteiger charge is 2.29.